The number of allylic oxidation sites excluding steroid dienone is 4. The molecule has 2 aromatic carbocycles. The fourth-order valence-corrected chi connectivity index (χ4v) is 3.99. The van der Waals surface area contributed by atoms with Gasteiger partial charge >= 0.3 is 5.97 Å². The Morgan fingerprint density at radius 3 is 2.86 bits per heavy atom. The molecule has 4 rings (SSSR count). The highest BCUT2D eigenvalue weighted by Crippen LogP contribution is 2.54. The summed E-state index contributed by atoms with van der Waals surface area (Å²) in [5.74, 6) is -0.624. The van der Waals surface area contributed by atoms with Crippen LogP contribution in [0.2, 0.25) is 0 Å². The summed E-state index contributed by atoms with van der Waals surface area (Å²) in [6.07, 6.45) is 8.58. The van der Waals surface area contributed by atoms with Crippen LogP contribution in [0.15, 0.2) is 48.6 Å². The Morgan fingerprint density at radius 1 is 1.29 bits per heavy atom. The Labute approximate surface area is 123 Å². The number of aromatic carboxylic acids is 1. The number of carboxylic acids is 1. The highest BCUT2D eigenvalue weighted by atomic mass is 16.4. The molecule has 0 fully saturated rings. The topological polar surface area (TPSA) is 37.3 Å². The lowest BCUT2D eigenvalue weighted by Crippen LogP contribution is -2.23. The summed E-state index contributed by atoms with van der Waals surface area (Å²) in [5.41, 5.74) is 3.66. The second-order valence-corrected chi connectivity index (χ2v) is 6.18. The van der Waals surface area contributed by atoms with E-state index < -0.39 is 5.97 Å². The van der Waals surface area contributed by atoms with Gasteiger partial charge in [0.05, 0.1) is 5.56 Å². The molecule has 2 aliphatic carbocycles. The van der Waals surface area contributed by atoms with Crippen LogP contribution in [0.3, 0.4) is 0 Å². The number of benzene rings is 2. The fourth-order valence-electron chi connectivity index (χ4n) is 3.99. The number of hydrogen-bond acceptors (Lipinski definition) is 1. The predicted octanol–water partition coefficient (Wildman–Crippen LogP) is 4.33. The Bertz CT molecular complexity index is 857. The van der Waals surface area contributed by atoms with Gasteiger partial charge in [-0.1, -0.05) is 49.4 Å². The number of carbonyl (C=O) groups is 1. The molecule has 0 radical (unpaired) electrons. The molecule has 0 saturated heterocycles. The van der Waals surface area contributed by atoms with Gasteiger partial charge in [-0.25, -0.2) is 4.79 Å². The van der Waals surface area contributed by atoms with E-state index in [1.54, 1.807) is 0 Å². The molecule has 0 spiro atoms. The van der Waals surface area contributed by atoms with Crippen LogP contribution in [0.4, 0.5) is 0 Å². The first-order valence-electron chi connectivity index (χ1n) is 7.20. The molecule has 2 aromatic rings. The van der Waals surface area contributed by atoms with E-state index in [1.807, 2.05) is 25.1 Å². The van der Waals surface area contributed by atoms with E-state index in [9.17, 15) is 9.90 Å². The molecule has 21 heavy (non-hydrogen) atoms. The number of fused-ring (bicyclic) bond motifs is 3. The quantitative estimate of drug-likeness (QED) is 0.841. The van der Waals surface area contributed by atoms with Crippen molar-refractivity contribution in [1.82, 2.24) is 0 Å². The Balaban J connectivity index is 2.18. The first-order chi connectivity index (χ1) is 10.0. The van der Waals surface area contributed by atoms with E-state index in [-0.39, 0.29) is 11.3 Å². The van der Waals surface area contributed by atoms with Crippen LogP contribution in [0.5, 0.6) is 0 Å². The molecule has 2 aliphatic rings. The SMILES string of the molecule is Cc1c(C(=O)O)cc2c3c(cccc13)C1(C)C=CC=CC21. The molecule has 0 heterocycles. The van der Waals surface area contributed by atoms with Gasteiger partial charge in [0.2, 0.25) is 0 Å². The first kappa shape index (κ1) is 12.4. The highest BCUT2D eigenvalue weighted by molar-refractivity contribution is 6.03. The Hall–Kier alpha value is -2.35. The van der Waals surface area contributed by atoms with Gasteiger partial charge in [0.15, 0.2) is 0 Å². The molecule has 2 heteroatoms. The van der Waals surface area contributed by atoms with Gasteiger partial charge in [-0.05, 0) is 40.5 Å². The van der Waals surface area contributed by atoms with Crippen molar-refractivity contribution in [3.8, 4) is 0 Å². The van der Waals surface area contributed by atoms with Crippen molar-refractivity contribution in [2.24, 2.45) is 0 Å². The second-order valence-electron chi connectivity index (χ2n) is 6.18. The molecule has 0 saturated carbocycles. The zero-order valence-electron chi connectivity index (χ0n) is 12.1. The van der Waals surface area contributed by atoms with Crippen LogP contribution < -0.4 is 0 Å². The molecular formula is C19H16O2. The summed E-state index contributed by atoms with van der Waals surface area (Å²) in [6.45, 7) is 4.14. The zero-order valence-corrected chi connectivity index (χ0v) is 12.1. The fraction of sp³-hybridized carbons (Fsp3) is 0.211. The zero-order chi connectivity index (χ0) is 14.8. The van der Waals surface area contributed by atoms with Crippen molar-refractivity contribution >= 4 is 16.7 Å². The number of hydrogen-bond donors (Lipinski definition) is 1. The lowest BCUT2D eigenvalue weighted by atomic mass is 9.72. The Morgan fingerprint density at radius 2 is 2.10 bits per heavy atom. The molecule has 2 atom stereocenters. The standard InChI is InChI=1S/C19H16O2/c1-11-12-6-5-8-16-17(12)14(10-13(11)18(20)21)15-7-3-4-9-19(15,16)2/h3-10,15H,1-2H3,(H,20,21). The van der Waals surface area contributed by atoms with Crippen molar-refractivity contribution in [3.05, 3.63) is 70.8 Å². The van der Waals surface area contributed by atoms with Gasteiger partial charge in [0.25, 0.3) is 0 Å². The summed E-state index contributed by atoms with van der Waals surface area (Å²) in [4.78, 5) is 11.6. The van der Waals surface area contributed by atoms with E-state index in [4.69, 9.17) is 0 Å². The van der Waals surface area contributed by atoms with E-state index in [0.717, 1.165) is 16.5 Å². The predicted molar refractivity (Wildman–Crippen MR) is 84.0 cm³/mol. The molecule has 2 unspecified atom stereocenters. The van der Waals surface area contributed by atoms with Gasteiger partial charge in [-0.3, -0.25) is 0 Å². The number of rotatable bonds is 1. The van der Waals surface area contributed by atoms with Gasteiger partial charge in [0.1, 0.15) is 0 Å². The molecule has 0 aromatic heterocycles. The Kier molecular flexibility index (Phi) is 2.27. The third kappa shape index (κ3) is 1.40. The summed E-state index contributed by atoms with van der Waals surface area (Å²) < 4.78 is 0. The largest absolute Gasteiger partial charge is 0.478 e. The van der Waals surface area contributed by atoms with Gasteiger partial charge in [0, 0.05) is 11.3 Å². The van der Waals surface area contributed by atoms with E-state index in [2.05, 4.69) is 37.3 Å². The van der Waals surface area contributed by atoms with Crippen LogP contribution in [-0.4, -0.2) is 11.1 Å². The normalized spacial score (nSPS) is 25.3. The van der Waals surface area contributed by atoms with Gasteiger partial charge in [-0.2, -0.15) is 0 Å². The summed E-state index contributed by atoms with van der Waals surface area (Å²) in [6, 6.07) is 8.14. The third-order valence-electron chi connectivity index (χ3n) is 5.11. The highest BCUT2D eigenvalue weighted by Gasteiger charge is 2.42. The smallest absolute Gasteiger partial charge is 0.335 e. The number of aryl methyl sites for hydroxylation is 1. The van der Waals surface area contributed by atoms with Crippen LogP contribution in [0.1, 0.15) is 39.9 Å². The minimum absolute atomic E-state index is 0.0693. The first-order valence-corrected chi connectivity index (χ1v) is 7.20. The van der Waals surface area contributed by atoms with Crippen LogP contribution in [0, 0.1) is 6.92 Å². The monoisotopic (exact) mass is 276 g/mol. The lowest BCUT2D eigenvalue weighted by molar-refractivity contribution is 0.0696. The van der Waals surface area contributed by atoms with Crippen LogP contribution in [-0.2, 0) is 5.41 Å². The lowest BCUT2D eigenvalue weighted by Gasteiger charge is -2.30. The van der Waals surface area contributed by atoms with Crippen molar-refractivity contribution in [3.63, 3.8) is 0 Å². The maximum Gasteiger partial charge on any atom is 0.335 e. The average molecular weight is 276 g/mol. The molecule has 1 N–H and O–H groups in total. The maximum atomic E-state index is 11.6. The maximum absolute atomic E-state index is 11.6. The van der Waals surface area contributed by atoms with Crippen molar-refractivity contribution in [2.45, 2.75) is 25.2 Å². The summed E-state index contributed by atoms with van der Waals surface area (Å²) in [7, 11) is 0. The minimum Gasteiger partial charge on any atom is -0.478 e. The molecule has 2 nitrogen and oxygen atoms in total. The third-order valence-corrected chi connectivity index (χ3v) is 5.11. The van der Waals surface area contributed by atoms with E-state index in [1.165, 1.54) is 10.9 Å². The second kappa shape index (κ2) is 3.85. The van der Waals surface area contributed by atoms with Gasteiger partial charge in [-0.15, -0.1) is 0 Å². The summed E-state index contributed by atoms with van der Waals surface area (Å²) >= 11 is 0. The molecule has 104 valence electrons. The minimum atomic E-state index is -0.847. The van der Waals surface area contributed by atoms with Crippen molar-refractivity contribution in [2.75, 3.05) is 0 Å². The van der Waals surface area contributed by atoms with E-state index in [0.29, 0.717) is 5.56 Å². The molecule has 0 bridgehead atoms. The molecule has 0 aliphatic heterocycles. The molecule has 0 amide bonds. The van der Waals surface area contributed by atoms with Crippen molar-refractivity contribution < 1.29 is 9.90 Å². The van der Waals surface area contributed by atoms with Crippen LogP contribution >= 0.6 is 0 Å². The van der Waals surface area contributed by atoms with Crippen molar-refractivity contribution in [1.29, 1.82) is 0 Å². The average Bonchev–Trinajstić information content (AvgIpc) is 2.73. The molecular weight excluding hydrogens is 260 g/mol. The van der Waals surface area contributed by atoms with Crippen LogP contribution in [0.25, 0.3) is 10.8 Å². The van der Waals surface area contributed by atoms with E-state index >= 15 is 0 Å². The number of carboxylic acid groups (broad SMARTS) is 1. The summed E-state index contributed by atoms with van der Waals surface area (Å²) in [5, 5.41) is 11.8. The van der Waals surface area contributed by atoms with Gasteiger partial charge < -0.3 is 5.11 Å².